The standard InChI is InChI=1S/C19H20FNO4/c1-23-15-10-17(24-2)16(18(11-15)25-3)12-21-19(22)8-7-13-5-4-6-14(20)9-13/h4-11H,12H2,1-3H3,(H,21,22)/b8-7+. The van der Waals surface area contributed by atoms with Crippen molar-refractivity contribution in [2.75, 3.05) is 21.3 Å². The van der Waals surface area contributed by atoms with Gasteiger partial charge in [0.1, 0.15) is 23.1 Å². The van der Waals surface area contributed by atoms with E-state index in [1.807, 2.05) is 0 Å². The zero-order valence-electron chi connectivity index (χ0n) is 14.3. The first-order valence-electron chi connectivity index (χ1n) is 7.57. The highest BCUT2D eigenvalue weighted by atomic mass is 19.1. The fourth-order valence-corrected chi connectivity index (χ4v) is 2.27. The molecule has 0 aliphatic carbocycles. The van der Waals surface area contributed by atoms with Crippen molar-refractivity contribution in [2.24, 2.45) is 0 Å². The number of ether oxygens (including phenoxy) is 3. The average molecular weight is 345 g/mol. The Hall–Kier alpha value is -3.02. The van der Waals surface area contributed by atoms with Gasteiger partial charge in [-0.25, -0.2) is 4.39 Å². The van der Waals surface area contributed by atoms with Crippen LogP contribution in [-0.2, 0) is 11.3 Å². The van der Waals surface area contributed by atoms with Crippen LogP contribution in [0.5, 0.6) is 17.2 Å². The first-order valence-corrected chi connectivity index (χ1v) is 7.57. The summed E-state index contributed by atoms with van der Waals surface area (Å²) >= 11 is 0. The van der Waals surface area contributed by atoms with Crippen molar-refractivity contribution in [3.63, 3.8) is 0 Å². The summed E-state index contributed by atoms with van der Waals surface area (Å²) in [5.41, 5.74) is 1.30. The number of rotatable bonds is 7. The van der Waals surface area contributed by atoms with E-state index >= 15 is 0 Å². The van der Waals surface area contributed by atoms with Crippen LogP contribution in [0.3, 0.4) is 0 Å². The number of methoxy groups -OCH3 is 3. The number of benzene rings is 2. The van der Waals surface area contributed by atoms with E-state index in [9.17, 15) is 9.18 Å². The molecule has 0 saturated carbocycles. The summed E-state index contributed by atoms with van der Waals surface area (Å²) in [6, 6.07) is 9.42. The molecule has 2 rings (SSSR count). The molecule has 0 aliphatic rings. The molecule has 1 amide bonds. The van der Waals surface area contributed by atoms with E-state index < -0.39 is 0 Å². The molecule has 6 heteroatoms. The minimum absolute atomic E-state index is 0.211. The third-order valence-corrected chi connectivity index (χ3v) is 3.53. The van der Waals surface area contributed by atoms with E-state index in [0.29, 0.717) is 28.4 Å². The molecule has 2 aromatic carbocycles. The van der Waals surface area contributed by atoms with Gasteiger partial charge >= 0.3 is 0 Å². The van der Waals surface area contributed by atoms with Gasteiger partial charge < -0.3 is 19.5 Å². The van der Waals surface area contributed by atoms with Gasteiger partial charge in [0.25, 0.3) is 0 Å². The van der Waals surface area contributed by atoms with Crippen LogP contribution in [0, 0.1) is 5.82 Å². The Morgan fingerprint density at radius 2 is 1.76 bits per heavy atom. The molecular formula is C19H20FNO4. The minimum Gasteiger partial charge on any atom is -0.496 e. The molecule has 0 aromatic heterocycles. The maximum absolute atomic E-state index is 13.1. The third-order valence-electron chi connectivity index (χ3n) is 3.53. The van der Waals surface area contributed by atoms with Gasteiger partial charge in [-0.1, -0.05) is 12.1 Å². The molecule has 0 bridgehead atoms. The Morgan fingerprint density at radius 1 is 1.08 bits per heavy atom. The molecule has 25 heavy (non-hydrogen) atoms. The summed E-state index contributed by atoms with van der Waals surface area (Å²) in [5, 5.41) is 2.75. The lowest BCUT2D eigenvalue weighted by Crippen LogP contribution is -2.21. The molecule has 5 nitrogen and oxygen atoms in total. The van der Waals surface area contributed by atoms with Crippen molar-refractivity contribution >= 4 is 12.0 Å². The smallest absolute Gasteiger partial charge is 0.244 e. The molecule has 132 valence electrons. The van der Waals surface area contributed by atoms with E-state index in [2.05, 4.69) is 5.32 Å². The van der Waals surface area contributed by atoms with Crippen LogP contribution in [0.2, 0.25) is 0 Å². The predicted molar refractivity (Wildman–Crippen MR) is 93.4 cm³/mol. The molecule has 0 aliphatic heterocycles. The molecule has 2 aromatic rings. The maximum atomic E-state index is 13.1. The molecule has 0 atom stereocenters. The van der Waals surface area contributed by atoms with Crippen LogP contribution in [0.15, 0.2) is 42.5 Å². The summed E-state index contributed by atoms with van der Waals surface area (Å²) in [4.78, 5) is 12.0. The van der Waals surface area contributed by atoms with Gasteiger partial charge in [0, 0.05) is 18.2 Å². The van der Waals surface area contributed by atoms with Gasteiger partial charge in [-0.3, -0.25) is 4.79 Å². The number of nitrogens with one attached hydrogen (secondary N) is 1. The van der Waals surface area contributed by atoms with Crippen molar-refractivity contribution in [1.29, 1.82) is 0 Å². The summed E-state index contributed by atoms with van der Waals surface area (Å²) < 4.78 is 29.0. The number of hydrogen-bond donors (Lipinski definition) is 1. The summed E-state index contributed by atoms with van der Waals surface area (Å²) in [6.45, 7) is 0.211. The zero-order chi connectivity index (χ0) is 18.2. The SMILES string of the molecule is COc1cc(OC)c(CNC(=O)/C=C/c2cccc(F)c2)c(OC)c1. The lowest BCUT2D eigenvalue weighted by Gasteiger charge is -2.15. The summed E-state index contributed by atoms with van der Waals surface area (Å²) in [5.74, 6) is 1.02. The fourth-order valence-electron chi connectivity index (χ4n) is 2.27. The number of halogens is 1. The normalized spacial score (nSPS) is 10.6. The highest BCUT2D eigenvalue weighted by molar-refractivity contribution is 5.91. The van der Waals surface area contributed by atoms with Crippen molar-refractivity contribution in [3.05, 3.63) is 59.4 Å². The molecular weight excluding hydrogens is 325 g/mol. The second kappa shape index (κ2) is 8.73. The van der Waals surface area contributed by atoms with Crippen LogP contribution < -0.4 is 19.5 Å². The van der Waals surface area contributed by atoms with Crippen LogP contribution in [-0.4, -0.2) is 27.2 Å². The predicted octanol–water partition coefficient (Wildman–Crippen LogP) is 3.18. The van der Waals surface area contributed by atoms with Gasteiger partial charge in [0.15, 0.2) is 0 Å². The quantitative estimate of drug-likeness (QED) is 0.783. The van der Waals surface area contributed by atoms with Crippen LogP contribution in [0.4, 0.5) is 4.39 Å². The number of carbonyl (C=O) groups is 1. The number of amides is 1. The monoisotopic (exact) mass is 345 g/mol. The van der Waals surface area contributed by atoms with Crippen LogP contribution >= 0.6 is 0 Å². The van der Waals surface area contributed by atoms with Crippen molar-refractivity contribution < 1.29 is 23.4 Å². The summed E-state index contributed by atoms with van der Waals surface area (Å²) in [7, 11) is 4.61. The second-order valence-corrected chi connectivity index (χ2v) is 5.12. The zero-order valence-corrected chi connectivity index (χ0v) is 14.3. The highest BCUT2D eigenvalue weighted by Crippen LogP contribution is 2.33. The average Bonchev–Trinajstić information content (AvgIpc) is 2.63. The molecule has 0 saturated heterocycles. The van der Waals surface area contributed by atoms with E-state index in [-0.39, 0.29) is 18.3 Å². The van der Waals surface area contributed by atoms with Crippen molar-refractivity contribution in [1.82, 2.24) is 5.32 Å². The maximum Gasteiger partial charge on any atom is 0.244 e. The van der Waals surface area contributed by atoms with E-state index in [1.54, 1.807) is 37.5 Å². The van der Waals surface area contributed by atoms with Crippen LogP contribution in [0.1, 0.15) is 11.1 Å². The number of hydrogen-bond acceptors (Lipinski definition) is 4. The lowest BCUT2D eigenvalue weighted by atomic mass is 10.1. The van der Waals surface area contributed by atoms with E-state index in [4.69, 9.17) is 14.2 Å². The molecule has 0 radical (unpaired) electrons. The van der Waals surface area contributed by atoms with Gasteiger partial charge in [-0.15, -0.1) is 0 Å². The lowest BCUT2D eigenvalue weighted by molar-refractivity contribution is -0.116. The minimum atomic E-state index is -0.352. The van der Waals surface area contributed by atoms with E-state index in [1.165, 1.54) is 32.4 Å². The van der Waals surface area contributed by atoms with Crippen molar-refractivity contribution in [3.8, 4) is 17.2 Å². The molecule has 0 unspecified atom stereocenters. The Kier molecular flexibility index (Phi) is 6.39. The first-order chi connectivity index (χ1) is 12.1. The Balaban J connectivity index is 2.08. The molecule has 1 N–H and O–H groups in total. The first kappa shape index (κ1) is 18.3. The molecule has 0 heterocycles. The van der Waals surface area contributed by atoms with Gasteiger partial charge in [-0.05, 0) is 23.8 Å². The summed E-state index contributed by atoms with van der Waals surface area (Å²) in [6.07, 6.45) is 2.89. The van der Waals surface area contributed by atoms with Crippen molar-refractivity contribution in [2.45, 2.75) is 6.54 Å². The second-order valence-electron chi connectivity index (χ2n) is 5.12. The Bertz CT molecular complexity index is 749. The van der Waals surface area contributed by atoms with Gasteiger partial charge in [0.05, 0.1) is 33.4 Å². The highest BCUT2D eigenvalue weighted by Gasteiger charge is 2.13. The molecule has 0 fully saturated rings. The van der Waals surface area contributed by atoms with Crippen LogP contribution in [0.25, 0.3) is 6.08 Å². The number of carbonyl (C=O) groups excluding carboxylic acids is 1. The topological polar surface area (TPSA) is 56.8 Å². The van der Waals surface area contributed by atoms with Gasteiger partial charge in [-0.2, -0.15) is 0 Å². The van der Waals surface area contributed by atoms with E-state index in [0.717, 1.165) is 0 Å². The fraction of sp³-hybridized carbons (Fsp3) is 0.211. The molecule has 0 spiro atoms. The largest absolute Gasteiger partial charge is 0.496 e. The van der Waals surface area contributed by atoms with Gasteiger partial charge in [0.2, 0.25) is 5.91 Å². The Labute approximate surface area is 146 Å². The Morgan fingerprint density at radius 3 is 2.32 bits per heavy atom. The third kappa shape index (κ3) is 4.97.